The summed E-state index contributed by atoms with van der Waals surface area (Å²) < 4.78 is 25.5. The zero-order chi connectivity index (χ0) is 11.5. The minimum absolute atomic E-state index is 0.302. The Hall–Kier alpha value is -0.430. The Morgan fingerprint density at radius 2 is 2.27 bits per heavy atom. The fourth-order valence-corrected chi connectivity index (χ4v) is 2.76. The molecule has 6 heteroatoms. The molecule has 0 spiro atoms. The fraction of sp³-hybridized carbons (Fsp3) is 0.556. The van der Waals surface area contributed by atoms with Gasteiger partial charge < -0.3 is 5.11 Å². The summed E-state index contributed by atoms with van der Waals surface area (Å²) in [4.78, 5) is 1.00. The molecule has 0 aromatic carbocycles. The molecule has 0 saturated carbocycles. The Morgan fingerprint density at radius 1 is 1.60 bits per heavy atom. The van der Waals surface area contributed by atoms with Crippen molar-refractivity contribution in [3.05, 3.63) is 21.9 Å². The van der Waals surface area contributed by atoms with Crippen LogP contribution in [0.1, 0.15) is 17.4 Å². The fourth-order valence-electron chi connectivity index (χ4n) is 0.992. The zero-order valence-corrected chi connectivity index (χ0v) is 10.4. The summed E-state index contributed by atoms with van der Waals surface area (Å²) in [7, 11) is -3.40. The van der Waals surface area contributed by atoms with Gasteiger partial charge in [-0.05, 0) is 30.9 Å². The van der Waals surface area contributed by atoms with Crippen molar-refractivity contribution in [2.75, 3.05) is 6.61 Å². The molecule has 0 radical (unpaired) electrons. The molecular formula is C9H15NO3S2. The smallest absolute Gasteiger partial charge is 0.216 e. The zero-order valence-electron chi connectivity index (χ0n) is 8.73. The van der Waals surface area contributed by atoms with Crippen LogP contribution in [-0.2, 0) is 16.6 Å². The Morgan fingerprint density at radius 3 is 2.73 bits per heavy atom. The first-order valence-electron chi connectivity index (χ1n) is 4.59. The maximum Gasteiger partial charge on any atom is 0.216 e. The van der Waals surface area contributed by atoms with Crippen molar-refractivity contribution in [1.29, 1.82) is 0 Å². The lowest BCUT2D eigenvalue weighted by molar-refractivity contribution is 0.295. The molecule has 1 aromatic rings. The third kappa shape index (κ3) is 3.27. The number of aliphatic hydroxyl groups excluding tert-OH is 1. The molecule has 1 heterocycles. The average Bonchev–Trinajstić information content (AvgIpc) is 2.60. The molecule has 15 heavy (non-hydrogen) atoms. The molecule has 0 aliphatic rings. The average molecular weight is 249 g/mol. The normalized spacial score (nSPS) is 14.1. The van der Waals surface area contributed by atoms with Crippen molar-refractivity contribution in [3.63, 3.8) is 0 Å². The summed E-state index contributed by atoms with van der Waals surface area (Å²) in [5.74, 6) is 0. The van der Waals surface area contributed by atoms with Gasteiger partial charge in [0.05, 0.1) is 11.9 Å². The van der Waals surface area contributed by atoms with E-state index in [1.807, 2.05) is 18.4 Å². The monoisotopic (exact) mass is 249 g/mol. The standard InChI is InChI=1S/C9H15NO3S2/c1-7-3-4-14-9(7)5-10-15(12,13)8(2)6-11/h3-4,8,10-11H,5-6H2,1-2H3. The number of thiophene rings is 1. The first-order chi connectivity index (χ1) is 6.97. The second kappa shape index (κ2) is 5.07. The number of nitrogens with one attached hydrogen (secondary N) is 1. The number of rotatable bonds is 5. The van der Waals surface area contributed by atoms with Gasteiger partial charge in [-0.2, -0.15) is 0 Å². The second-order valence-corrected chi connectivity index (χ2v) is 6.57. The lowest BCUT2D eigenvalue weighted by Gasteiger charge is -2.10. The largest absolute Gasteiger partial charge is 0.395 e. The van der Waals surface area contributed by atoms with E-state index in [4.69, 9.17) is 5.11 Å². The molecule has 0 bridgehead atoms. The van der Waals surface area contributed by atoms with Gasteiger partial charge in [0.25, 0.3) is 0 Å². The predicted molar refractivity (Wildman–Crippen MR) is 61.4 cm³/mol. The van der Waals surface area contributed by atoms with Gasteiger partial charge >= 0.3 is 0 Å². The van der Waals surface area contributed by atoms with Gasteiger partial charge in [0.15, 0.2) is 0 Å². The van der Waals surface area contributed by atoms with E-state index in [0.29, 0.717) is 6.54 Å². The van der Waals surface area contributed by atoms with Crippen LogP contribution in [0, 0.1) is 6.92 Å². The number of hydrogen-bond acceptors (Lipinski definition) is 4. The molecule has 86 valence electrons. The van der Waals surface area contributed by atoms with E-state index in [1.165, 1.54) is 18.3 Å². The number of aliphatic hydroxyl groups is 1. The molecule has 0 aliphatic heterocycles. The van der Waals surface area contributed by atoms with E-state index in [0.717, 1.165) is 10.4 Å². The number of sulfonamides is 1. The lowest BCUT2D eigenvalue weighted by atomic mass is 10.3. The highest BCUT2D eigenvalue weighted by Crippen LogP contribution is 2.15. The Bertz CT molecular complexity index is 411. The Labute approximate surface area is 94.0 Å². The van der Waals surface area contributed by atoms with Gasteiger partial charge in [0.2, 0.25) is 10.0 Å². The molecule has 1 rings (SSSR count). The second-order valence-electron chi connectivity index (χ2n) is 3.39. The highest BCUT2D eigenvalue weighted by molar-refractivity contribution is 7.90. The predicted octanol–water partition coefficient (Wildman–Crippen LogP) is 0.857. The Balaban J connectivity index is 2.62. The highest BCUT2D eigenvalue weighted by Gasteiger charge is 2.19. The summed E-state index contributed by atoms with van der Waals surface area (Å²) >= 11 is 1.52. The van der Waals surface area contributed by atoms with Gasteiger partial charge in [-0.3, -0.25) is 0 Å². The van der Waals surface area contributed by atoms with E-state index in [-0.39, 0.29) is 6.61 Å². The van der Waals surface area contributed by atoms with Crippen molar-refractivity contribution in [2.45, 2.75) is 25.6 Å². The van der Waals surface area contributed by atoms with Crippen LogP contribution in [0.3, 0.4) is 0 Å². The van der Waals surface area contributed by atoms with E-state index < -0.39 is 15.3 Å². The molecule has 0 aliphatic carbocycles. The van der Waals surface area contributed by atoms with Crippen molar-refractivity contribution in [3.8, 4) is 0 Å². The topological polar surface area (TPSA) is 66.4 Å². The van der Waals surface area contributed by atoms with Crippen LogP contribution in [0.4, 0.5) is 0 Å². The van der Waals surface area contributed by atoms with Crippen molar-refractivity contribution in [2.24, 2.45) is 0 Å². The number of aryl methyl sites for hydroxylation is 1. The molecular weight excluding hydrogens is 234 g/mol. The third-order valence-electron chi connectivity index (χ3n) is 2.19. The van der Waals surface area contributed by atoms with Crippen LogP contribution in [-0.4, -0.2) is 25.4 Å². The van der Waals surface area contributed by atoms with Crippen LogP contribution >= 0.6 is 11.3 Å². The van der Waals surface area contributed by atoms with Crippen LogP contribution in [0.2, 0.25) is 0 Å². The molecule has 0 fully saturated rings. The van der Waals surface area contributed by atoms with Crippen LogP contribution < -0.4 is 4.72 Å². The van der Waals surface area contributed by atoms with Crippen molar-refractivity contribution in [1.82, 2.24) is 4.72 Å². The van der Waals surface area contributed by atoms with Crippen LogP contribution in [0.5, 0.6) is 0 Å². The van der Waals surface area contributed by atoms with Gasteiger partial charge in [-0.25, -0.2) is 13.1 Å². The molecule has 4 nitrogen and oxygen atoms in total. The van der Waals surface area contributed by atoms with Gasteiger partial charge in [-0.1, -0.05) is 0 Å². The molecule has 2 N–H and O–H groups in total. The van der Waals surface area contributed by atoms with E-state index in [2.05, 4.69) is 4.72 Å². The van der Waals surface area contributed by atoms with Gasteiger partial charge in [-0.15, -0.1) is 11.3 Å². The van der Waals surface area contributed by atoms with Crippen molar-refractivity contribution < 1.29 is 13.5 Å². The summed E-state index contributed by atoms with van der Waals surface area (Å²) in [5, 5.41) is 9.92. The first-order valence-corrected chi connectivity index (χ1v) is 7.02. The summed E-state index contributed by atoms with van der Waals surface area (Å²) in [5.41, 5.74) is 1.08. The van der Waals surface area contributed by atoms with Crippen molar-refractivity contribution >= 4 is 21.4 Å². The molecule has 1 atom stereocenters. The van der Waals surface area contributed by atoms with Gasteiger partial charge in [0.1, 0.15) is 0 Å². The maximum atomic E-state index is 11.5. The molecule has 1 unspecified atom stereocenters. The lowest BCUT2D eigenvalue weighted by Crippen LogP contribution is -2.34. The summed E-state index contributed by atoms with van der Waals surface area (Å²) in [6.45, 7) is 3.36. The Kier molecular flexibility index (Phi) is 4.27. The summed E-state index contributed by atoms with van der Waals surface area (Å²) in [6, 6.07) is 1.95. The third-order valence-corrected chi connectivity index (χ3v) is 4.97. The molecule has 0 saturated heterocycles. The van der Waals surface area contributed by atoms with Gasteiger partial charge in [0, 0.05) is 11.4 Å². The highest BCUT2D eigenvalue weighted by atomic mass is 32.2. The van der Waals surface area contributed by atoms with Crippen LogP contribution in [0.15, 0.2) is 11.4 Å². The number of hydrogen-bond donors (Lipinski definition) is 2. The quantitative estimate of drug-likeness (QED) is 0.813. The summed E-state index contributed by atoms with van der Waals surface area (Å²) in [6.07, 6.45) is 0. The van der Waals surface area contributed by atoms with E-state index in [9.17, 15) is 8.42 Å². The molecule has 0 amide bonds. The van der Waals surface area contributed by atoms with E-state index >= 15 is 0 Å². The first kappa shape index (κ1) is 12.6. The minimum atomic E-state index is -3.40. The minimum Gasteiger partial charge on any atom is -0.395 e. The maximum absolute atomic E-state index is 11.5. The SMILES string of the molecule is Cc1ccsc1CNS(=O)(=O)C(C)CO. The van der Waals surface area contributed by atoms with Crippen LogP contribution in [0.25, 0.3) is 0 Å². The molecule has 1 aromatic heterocycles. The van der Waals surface area contributed by atoms with E-state index in [1.54, 1.807) is 0 Å².